The van der Waals surface area contributed by atoms with E-state index in [0.717, 1.165) is 5.92 Å². The lowest BCUT2D eigenvalue weighted by molar-refractivity contribution is 0.0598. The molecular formula is C20H24ClN3O2. The van der Waals surface area contributed by atoms with E-state index in [1.54, 1.807) is 31.4 Å². The van der Waals surface area contributed by atoms with Crippen molar-refractivity contribution in [1.82, 2.24) is 15.2 Å². The van der Waals surface area contributed by atoms with Gasteiger partial charge in [-0.3, -0.25) is 9.36 Å². The molecule has 3 aliphatic carbocycles. The average Bonchev–Trinajstić information content (AvgIpc) is 3.08. The number of nitrogens with zero attached hydrogens (tertiary/aromatic N) is 1. The van der Waals surface area contributed by atoms with Gasteiger partial charge in [0.05, 0.1) is 16.1 Å². The van der Waals surface area contributed by atoms with Crippen molar-refractivity contribution >= 4 is 34.4 Å². The van der Waals surface area contributed by atoms with Crippen LogP contribution in [0.25, 0.3) is 10.9 Å². The Balaban J connectivity index is 1.61. The third-order valence-electron chi connectivity index (χ3n) is 6.33. The quantitative estimate of drug-likeness (QED) is 0.847. The fourth-order valence-electron chi connectivity index (χ4n) is 4.67. The molecule has 26 heavy (non-hydrogen) atoms. The zero-order valence-corrected chi connectivity index (χ0v) is 15.7. The lowest BCUT2D eigenvalue weighted by atomic mass is 9.61. The maximum atomic E-state index is 12.9. The van der Waals surface area contributed by atoms with Crippen molar-refractivity contribution in [3.8, 4) is 0 Å². The van der Waals surface area contributed by atoms with Gasteiger partial charge in [-0.2, -0.15) is 0 Å². The first-order valence-electron chi connectivity index (χ1n) is 9.33. The summed E-state index contributed by atoms with van der Waals surface area (Å²) in [6.07, 6.45) is 9.07. The fraction of sp³-hybridized carbons (Fsp3) is 0.500. The number of amides is 2. The minimum absolute atomic E-state index is 0.159. The second-order valence-electron chi connectivity index (χ2n) is 7.77. The van der Waals surface area contributed by atoms with Crippen LogP contribution in [0.5, 0.6) is 0 Å². The summed E-state index contributed by atoms with van der Waals surface area (Å²) >= 11 is 6.35. The van der Waals surface area contributed by atoms with E-state index in [0.29, 0.717) is 28.0 Å². The minimum Gasteiger partial charge on any atom is -0.351 e. The first-order valence-corrected chi connectivity index (χ1v) is 9.71. The number of benzene rings is 1. The van der Waals surface area contributed by atoms with Crippen LogP contribution in [0.3, 0.4) is 0 Å². The molecular weight excluding hydrogens is 350 g/mol. The van der Waals surface area contributed by atoms with Crippen molar-refractivity contribution in [3.05, 3.63) is 35.0 Å². The summed E-state index contributed by atoms with van der Waals surface area (Å²) in [6.45, 7) is 0.704. The molecule has 5 nitrogen and oxygen atoms in total. The Bertz CT molecular complexity index is 852. The Morgan fingerprint density at radius 1 is 1.23 bits per heavy atom. The topological polar surface area (TPSA) is 63.1 Å². The van der Waals surface area contributed by atoms with Crippen LogP contribution >= 0.6 is 11.6 Å². The largest absolute Gasteiger partial charge is 0.351 e. The molecule has 1 aromatic carbocycles. The molecule has 2 aromatic rings. The van der Waals surface area contributed by atoms with Crippen LogP contribution in [-0.4, -0.2) is 30.1 Å². The number of halogens is 1. The molecule has 5 rings (SSSR count). The van der Waals surface area contributed by atoms with Gasteiger partial charge >= 0.3 is 6.03 Å². The average molecular weight is 374 g/mol. The first-order chi connectivity index (χ1) is 12.5. The van der Waals surface area contributed by atoms with Gasteiger partial charge in [-0.05, 0) is 62.0 Å². The van der Waals surface area contributed by atoms with Crippen LogP contribution in [0.1, 0.15) is 48.9 Å². The van der Waals surface area contributed by atoms with Crippen molar-refractivity contribution in [2.75, 3.05) is 13.6 Å². The summed E-state index contributed by atoms with van der Waals surface area (Å²) in [7, 11) is 1.57. The van der Waals surface area contributed by atoms with Crippen LogP contribution < -0.4 is 10.6 Å². The van der Waals surface area contributed by atoms with E-state index >= 15 is 0 Å². The van der Waals surface area contributed by atoms with Crippen LogP contribution in [0.15, 0.2) is 24.4 Å². The second kappa shape index (κ2) is 6.62. The molecule has 0 atom stereocenters. The van der Waals surface area contributed by atoms with Gasteiger partial charge in [-0.1, -0.05) is 17.7 Å². The summed E-state index contributed by atoms with van der Waals surface area (Å²) in [5, 5.41) is 6.83. The molecule has 0 radical (unpaired) electrons. The van der Waals surface area contributed by atoms with E-state index in [1.807, 2.05) is 0 Å². The molecule has 138 valence electrons. The third-order valence-corrected chi connectivity index (χ3v) is 6.64. The molecule has 1 aromatic heterocycles. The Hall–Kier alpha value is -2.01. The van der Waals surface area contributed by atoms with Gasteiger partial charge in [0, 0.05) is 25.2 Å². The van der Waals surface area contributed by atoms with Crippen molar-refractivity contribution in [2.24, 2.45) is 11.3 Å². The highest BCUT2D eigenvalue weighted by Crippen LogP contribution is 2.49. The van der Waals surface area contributed by atoms with Crippen molar-refractivity contribution in [2.45, 2.75) is 38.5 Å². The predicted octanol–water partition coefficient (Wildman–Crippen LogP) is 4.18. The highest BCUT2D eigenvalue weighted by molar-refractivity contribution is 6.37. The van der Waals surface area contributed by atoms with Crippen molar-refractivity contribution in [3.63, 3.8) is 0 Å². The predicted molar refractivity (Wildman–Crippen MR) is 103 cm³/mol. The number of fused-ring (bicyclic) bond motifs is 4. The zero-order valence-electron chi connectivity index (χ0n) is 15.0. The Morgan fingerprint density at radius 2 is 1.92 bits per heavy atom. The van der Waals surface area contributed by atoms with Gasteiger partial charge in [0.25, 0.3) is 5.91 Å². The molecule has 2 N–H and O–H groups in total. The molecule has 2 amide bonds. The summed E-state index contributed by atoms with van der Waals surface area (Å²) in [5.41, 5.74) is 1.35. The zero-order chi connectivity index (χ0) is 18.3. The highest BCUT2D eigenvalue weighted by atomic mass is 35.5. The van der Waals surface area contributed by atoms with Crippen LogP contribution in [0, 0.1) is 11.3 Å². The Morgan fingerprint density at radius 3 is 2.58 bits per heavy atom. The monoisotopic (exact) mass is 373 g/mol. The van der Waals surface area contributed by atoms with Gasteiger partial charge in [-0.25, -0.2) is 4.79 Å². The number of hydrogen-bond donors (Lipinski definition) is 2. The second-order valence-corrected chi connectivity index (χ2v) is 8.17. The number of rotatable bonds is 3. The van der Waals surface area contributed by atoms with E-state index in [1.165, 1.54) is 43.1 Å². The minimum atomic E-state index is -0.291. The van der Waals surface area contributed by atoms with E-state index < -0.39 is 0 Å². The van der Waals surface area contributed by atoms with E-state index in [4.69, 9.17) is 11.6 Å². The molecule has 1 heterocycles. The van der Waals surface area contributed by atoms with Gasteiger partial charge in [0.1, 0.15) is 0 Å². The lowest BCUT2D eigenvalue weighted by Gasteiger charge is -2.46. The highest BCUT2D eigenvalue weighted by Gasteiger charge is 2.40. The Kier molecular flexibility index (Phi) is 4.43. The number of nitrogens with one attached hydrogen (secondary N) is 2. The van der Waals surface area contributed by atoms with Crippen molar-refractivity contribution < 1.29 is 9.59 Å². The number of carbonyl (C=O) groups excluding carboxylic acids is 2. The maximum absolute atomic E-state index is 12.9. The Labute approximate surface area is 158 Å². The number of carbonyl (C=O) groups is 2. The smallest absolute Gasteiger partial charge is 0.325 e. The standard InChI is InChI=1S/C20H24ClN3O2/c1-22-19(26)24-11-14(17-15(21)3-2-4-16(17)24)18(25)23-12-20-8-5-13(6-9-20)7-10-20/h2-4,11,13H,5-10,12H2,1H3,(H,22,26)(H,23,25). The van der Waals surface area contributed by atoms with E-state index in [2.05, 4.69) is 10.6 Å². The fourth-order valence-corrected chi connectivity index (χ4v) is 4.94. The molecule has 3 fully saturated rings. The third kappa shape index (κ3) is 2.88. The van der Waals surface area contributed by atoms with Gasteiger partial charge in [0.15, 0.2) is 0 Å². The normalized spacial score (nSPS) is 24.6. The summed E-state index contributed by atoms with van der Waals surface area (Å²) in [5.74, 6) is 0.740. The van der Waals surface area contributed by atoms with Gasteiger partial charge in [0.2, 0.25) is 0 Å². The van der Waals surface area contributed by atoms with Crippen LogP contribution in [0.4, 0.5) is 4.79 Å². The molecule has 2 bridgehead atoms. The van der Waals surface area contributed by atoms with E-state index in [9.17, 15) is 9.59 Å². The molecule has 0 aliphatic heterocycles. The maximum Gasteiger partial charge on any atom is 0.325 e. The number of aromatic nitrogens is 1. The molecule has 0 unspecified atom stereocenters. The first kappa shape index (κ1) is 17.4. The van der Waals surface area contributed by atoms with Crippen LogP contribution in [-0.2, 0) is 0 Å². The summed E-state index contributed by atoms with van der Waals surface area (Å²) in [4.78, 5) is 25.1. The summed E-state index contributed by atoms with van der Waals surface area (Å²) in [6, 6.07) is 5.04. The van der Waals surface area contributed by atoms with Crippen molar-refractivity contribution in [1.29, 1.82) is 0 Å². The van der Waals surface area contributed by atoms with E-state index in [-0.39, 0.29) is 17.4 Å². The molecule has 0 saturated heterocycles. The van der Waals surface area contributed by atoms with Gasteiger partial charge < -0.3 is 10.6 Å². The molecule has 6 heteroatoms. The molecule has 3 saturated carbocycles. The van der Waals surface area contributed by atoms with Crippen LogP contribution in [0.2, 0.25) is 5.02 Å². The molecule has 3 aliphatic rings. The van der Waals surface area contributed by atoms with Gasteiger partial charge in [-0.15, -0.1) is 0 Å². The lowest BCUT2D eigenvalue weighted by Crippen LogP contribution is -2.43. The number of hydrogen-bond acceptors (Lipinski definition) is 2. The summed E-state index contributed by atoms with van der Waals surface area (Å²) < 4.78 is 1.44. The SMILES string of the molecule is CNC(=O)n1cc(C(=O)NCC23CCC(CC2)CC3)c2c(Cl)cccc21. The molecule has 0 spiro atoms.